The molecule has 0 saturated heterocycles. The number of ketones is 1. The SMILES string of the molecule is CC(C)C(=O)c1c[nH]c(-c2sc(N(c3cn[nH]c3)C3CC3)nc2C(N)=O)c1. The van der Waals surface area contributed by atoms with Crippen molar-refractivity contribution in [3.05, 3.63) is 35.9 Å². The van der Waals surface area contributed by atoms with Crippen molar-refractivity contribution < 1.29 is 9.59 Å². The summed E-state index contributed by atoms with van der Waals surface area (Å²) in [4.78, 5) is 34.5. The summed E-state index contributed by atoms with van der Waals surface area (Å²) in [7, 11) is 0. The molecule has 3 heterocycles. The summed E-state index contributed by atoms with van der Waals surface area (Å²) >= 11 is 1.38. The lowest BCUT2D eigenvalue weighted by Crippen LogP contribution is -2.19. The number of hydrogen-bond donors (Lipinski definition) is 3. The summed E-state index contributed by atoms with van der Waals surface area (Å²) in [5.41, 5.74) is 7.93. The molecular weight excluding hydrogens is 364 g/mol. The Morgan fingerprint density at radius 2 is 2.11 bits per heavy atom. The van der Waals surface area contributed by atoms with Crippen molar-refractivity contribution in [2.24, 2.45) is 11.7 Å². The van der Waals surface area contributed by atoms with Gasteiger partial charge in [-0.15, -0.1) is 0 Å². The molecular formula is C18H20N6O2S. The van der Waals surface area contributed by atoms with Gasteiger partial charge in [0.25, 0.3) is 5.91 Å². The number of carbonyl (C=O) groups excluding carboxylic acids is 2. The molecule has 4 rings (SSSR count). The minimum absolute atomic E-state index is 0.0425. The number of aromatic amines is 2. The number of carbonyl (C=O) groups is 2. The third-order valence-electron chi connectivity index (χ3n) is 4.47. The molecule has 1 aliphatic carbocycles. The molecule has 0 aromatic carbocycles. The molecule has 1 aliphatic rings. The van der Waals surface area contributed by atoms with E-state index < -0.39 is 5.91 Å². The number of Topliss-reactive ketones (excluding diaryl/α,β-unsaturated/α-hetero) is 1. The van der Waals surface area contributed by atoms with E-state index in [0.29, 0.717) is 27.3 Å². The summed E-state index contributed by atoms with van der Waals surface area (Å²) in [5, 5.41) is 7.52. The molecule has 8 nitrogen and oxygen atoms in total. The molecule has 0 radical (unpaired) electrons. The van der Waals surface area contributed by atoms with Crippen LogP contribution < -0.4 is 10.6 Å². The van der Waals surface area contributed by atoms with Crippen LogP contribution in [0.25, 0.3) is 10.6 Å². The van der Waals surface area contributed by atoms with E-state index >= 15 is 0 Å². The predicted molar refractivity (Wildman–Crippen MR) is 103 cm³/mol. The molecule has 140 valence electrons. The number of rotatable bonds is 7. The van der Waals surface area contributed by atoms with Crippen LogP contribution in [0.4, 0.5) is 10.8 Å². The summed E-state index contributed by atoms with van der Waals surface area (Å²) < 4.78 is 0. The highest BCUT2D eigenvalue weighted by molar-refractivity contribution is 7.19. The second-order valence-corrected chi connectivity index (χ2v) is 7.89. The first-order valence-electron chi connectivity index (χ1n) is 8.77. The molecule has 0 aliphatic heterocycles. The highest BCUT2D eigenvalue weighted by Crippen LogP contribution is 2.43. The van der Waals surface area contributed by atoms with E-state index in [2.05, 4.69) is 25.1 Å². The fourth-order valence-corrected chi connectivity index (χ4v) is 4.09. The Balaban J connectivity index is 1.75. The topological polar surface area (TPSA) is 121 Å². The minimum Gasteiger partial charge on any atom is -0.364 e. The third kappa shape index (κ3) is 3.25. The van der Waals surface area contributed by atoms with Gasteiger partial charge >= 0.3 is 0 Å². The number of H-pyrrole nitrogens is 2. The van der Waals surface area contributed by atoms with Gasteiger partial charge in [0.2, 0.25) is 0 Å². The molecule has 4 N–H and O–H groups in total. The molecule has 0 spiro atoms. The Hall–Kier alpha value is -2.94. The first-order chi connectivity index (χ1) is 13.0. The number of anilines is 2. The molecule has 1 amide bonds. The van der Waals surface area contributed by atoms with Crippen LogP contribution in [0.2, 0.25) is 0 Å². The summed E-state index contributed by atoms with van der Waals surface area (Å²) in [5.74, 6) is -0.657. The fraction of sp³-hybridized carbons (Fsp3) is 0.333. The van der Waals surface area contributed by atoms with E-state index in [0.717, 1.165) is 18.5 Å². The first kappa shape index (κ1) is 17.5. The largest absolute Gasteiger partial charge is 0.364 e. The number of nitrogens with zero attached hydrogens (tertiary/aromatic N) is 3. The van der Waals surface area contributed by atoms with Crippen LogP contribution in [0.3, 0.4) is 0 Å². The van der Waals surface area contributed by atoms with E-state index in [1.165, 1.54) is 11.3 Å². The molecule has 1 saturated carbocycles. The van der Waals surface area contributed by atoms with Crippen LogP contribution in [-0.4, -0.2) is 37.9 Å². The van der Waals surface area contributed by atoms with E-state index in [4.69, 9.17) is 5.73 Å². The van der Waals surface area contributed by atoms with Crippen molar-refractivity contribution in [3.8, 4) is 10.6 Å². The van der Waals surface area contributed by atoms with Gasteiger partial charge in [0.1, 0.15) is 0 Å². The van der Waals surface area contributed by atoms with Gasteiger partial charge in [-0.3, -0.25) is 14.7 Å². The highest BCUT2D eigenvalue weighted by atomic mass is 32.1. The fourth-order valence-electron chi connectivity index (χ4n) is 2.95. The van der Waals surface area contributed by atoms with Gasteiger partial charge in [-0.2, -0.15) is 5.10 Å². The van der Waals surface area contributed by atoms with Gasteiger partial charge in [0, 0.05) is 29.9 Å². The van der Waals surface area contributed by atoms with Gasteiger partial charge in [-0.05, 0) is 18.9 Å². The third-order valence-corrected chi connectivity index (χ3v) is 5.55. The van der Waals surface area contributed by atoms with Crippen LogP contribution in [-0.2, 0) is 0 Å². The Labute approximate surface area is 159 Å². The predicted octanol–water partition coefficient (Wildman–Crippen LogP) is 3.10. The molecule has 1 fully saturated rings. The van der Waals surface area contributed by atoms with Crippen LogP contribution >= 0.6 is 11.3 Å². The number of nitrogens with one attached hydrogen (secondary N) is 2. The molecule has 27 heavy (non-hydrogen) atoms. The normalized spacial score (nSPS) is 13.9. The lowest BCUT2D eigenvalue weighted by atomic mass is 10.0. The van der Waals surface area contributed by atoms with Crippen molar-refractivity contribution in [2.45, 2.75) is 32.7 Å². The van der Waals surface area contributed by atoms with Gasteiger partial charge in [0.05, 0.1) is 22.5 Å². The lowest BCUT2D eigenvalue weighted by molar-refractivity contribution is 0.0938. The smallest absolute Gasteiger partial charge is 0.268 e. The number of primary amides is 1. The maximum Gasteiger partial charge on any atom is 0.268 e. The van der Waals surface area contributed by atoms with Gasteiger partial charge < -0.3 is 15.6 Å². The van der Waals surface area contributed by atoms with E-state index in [9.17, 15) is 9.59 Å². The Bertz CT molecular complexity index is 984. The molecule has 0 unspecified atom stereocenters. The standard InChI is InChI=1S/C18H20N6O2S/c1-9(2)15(25)10-5-13(20-6-10)16-14(17(19)26)23-18(27-16)24(11-3-4-11)12-7-21-22-8-12/h5-9,11,20H,3-4H2,1-2H3,(H2,19,26)(H,21,22). The Morgan fingerprint density at radius 3 is 2.70 bits per heavy atom. The number of thiazole rings is 1. The van der Waals surface area contributed by atoms with E-state index in [1.54, 1.807) is 24.7 Å². The summed E-state index contributed by atoms with van der Waals surface area (Å²) in [6.45, 7) is 3.71. The second-order valence-electron chi connectivity index (χ2n) is 6.92. The summed E-state index contributed by atoms with van der Waals surface area (Å²) in [6, 6.07) is 2.09. The zero-order valence-electron chi connectivity index (χ0n) is 15.0. The van der Waals surface area contributed by atoms with Crippen molar-refractivity contribution in [1.82, 2.24) is 20.2 Å². The van der Waals surface area contributed by atoms with Crippen molar-refractivity contribution in [1.29, 1.82) is 0 Å². The Morgan fingerprint density at radius 1 is 1.33 bits per heavy atom. The van der Waals surface area contributed by atoms with E-state index in [-0.39, 0.29) is 17.4 Å². The van der Waals surface area contributed by atoms with Crippen LogP contribution in [0, 0.1) is 5.92 Å². The number of hydrogen-bond acceptors (Lipinski definition) is 6. The number of nitrogens with two attached hydrogens (primary N) is 1. The van der Waals surface area contributed by atoms with Crippen LogP contribution in [0.1, 0.15) is 47.5 Å². The Kier molecular flexibility index (Phi) is 4.31. The zero-order chi connectivity index (χ0) is 19.1. The maximum atomic E-state index is 12.2. The molecule has 3 aromatic rings. The highest BCUT2D eigenvalue weighted by Gasteiger charge is 2.34. The van der Waals surface area contributed by atoms with Crippen LogP contribution in [0.5, 0.6) is 0 Å². The molecule has 3 aromatic heterocycles. The monoisotopic (exact) mass is 384 g/mol. The maximum absolute atomic E-state index is 12.2. The average molecular weight is 384 g/mol. The van der Waals surface area contributed by atoms with Gasteiger partial charge in [0.15, 0.2) is 16.6 Å². The molecule has 0 bridgehead atoms. The van der Waals surface area contributed by atoms with Crippen LogP contribution in [0.15, 0.2) is 24.7 Å². The van der Waals surface area contributed by atoms with Gasteiger partial charge in [-0.25, -0.2) is 4.98 Å². The second kappa shape index (κ2) is 6.66. The zero-order valence-corrected chi connectivity index (χ0v) is 15.8. The number of aromatic nitrogens is 4. The number of amides is 1. The van der Waals surface area contributed by atoms with Crippen molar-refractivity contribution >= 4 is 33.8 Å². The first-order valence-corrected chi connectivity index (χ1v) is 9.59. The lowest BCUT2D eigenvalue weighted by Gasteiger charge is -2.18. The summed E-state index contributed by atoms with van der Waals surface area (Å²) in [6.07, 6.45) is 7.31. The minimum atomic E-state index is -0.596. The molecule has 0 atom stereocenters. The quantitative estimate of drug-likeness (QED) is 0.541. The van der Waals surface area contributed by atoms with Crippen molar-refractivity contribution in [2.75, 3.05) is 4.90 Å². The average Bonchev–Trinajstić information content (AvgIpc) is 3.08. The van der Waals surface area contributed by atoms with Crippen molar-refractivity contribution in [3.63, 3.8) is 0 Å². The van der Waals surface area contributed by atoms with E-state index in [1.807, 2.05) is 13.8 Å². The van der Waals surface area contributed by atoms with Gasteiger partial charge in [-0.1, -0.05) is 25.2 Å². The molecule has 9 heteroatoms.